The molecule has 0 saturated carbocycles. The van der Waals surface area contributed by atoms with E-state index in [1.165, 1.54) is 19.5 Å². The van der Waals surface area contributed by atoms with Gasteiger partial charge in [-0.15, -0.1) is 0 Å². The quantitative estimate of drug-likeness (QED) is 0.779. The average Bonchev–Trinajstić information content (AvgIpc) is 2.68. The molecule has 1 aromatic rings. The summed E-state index contributed by atoms with van der Waals surface area (Å²) in [5.74, 6) is 0.798. The molecule has 4 nitrogen and oxygen atoms in total. The fraction of sp³-hybridized carbons (Fsp3) is 0.636. The molecule has 2 rings (SSSR count). The van der Waals surface area contributed by atoms with Crippen molar-refractivity contribution in [2.75, 3.05) is 26.7 Å². The number of nitrogens with zero attached hydrogens (tertiary/aromatic N) is 3. The summed E-state index contributed by atoms with van der Waals surface area (Å²) in [5, 5.41) is 11.2. The molecule has 0 bridgehead atoms. The van der Waals surface area contributed by atoms with Crippen molar-refractivity contribution in [2.24, 2.45) is 5.92 Å². The molecule has 0 aromatic carbocycles. The predicted octanol–water partition coefficient (Wildman–Crippen LogP) is 0.518. The molecule has 1 aliphatic heterocycles. The van der Waals surface area contributed by atoms with Crippen molar-refractivity contribution < 1.29 is 0 Å². The van der Waals surface area contributed by atoms with Gasteiger partial charge in [0.15, 0.2) is 0 Å². The summed E-state index contributed by atoms with van der Waals surface area (Å²) in [4.78, 5) is 2.45. The molecule has 1 atom stereocenters. The van der Waals surface area contributed by atoms with Gasteiger partial charge >= 0.3 is 0 Å². The van der Waals surface area contributed by atoms with E-state index >= 15 is 0 Å². The number of nitrogens with one attached hydrogen (secondary N) is 1. The molecule has 1 aliphatic rings. The third-order valence-corrected chi connectivity index (χ3v) is 2.88. The van der Waals surface area contributed by atoms with E-state index in [4.69, 9.17) is 0 Å². The number of rotatable bonds is 4. The summed E-state index contributed by atoms with van der Waals surface area (Å²) in [5.41, 5.74) is 1.07. The van der Waals surface area contributed by atoms with E-state index in [1.807, 2.05) is 19.2 Å². The molecule has 0 radical (unpaired) electrons. The maximum absolute atomic E-state index is 4.11. The first kappa shape index (κ1) is 10.5. The first-order valence-electron chi connectivity index (χ1n) is 5.52. The molecule has 2 heterocycles. The Bertz CT molecular complexity index is 288. The van der Waals surface area contributed by atoms with Crippen molar-refractivity contribution in [1.82, 2.24) is 20.4 Å². The van der Waals surface area contributed by atoms with E-state index in [1.54, 1.807) is 6.20 Å². The van der Waals surface area contributed by atoms with Gasteiger partial charge in [-0.3, -0.25) is 4.90 Å². The van der Waals surface area contributed by atoms with Gasteiger partial charge in [-0.25, -0.2) is 0 Å². The van der Waals surface area contributed by atoms with Crippen molar-refractivity contribution in [3.63, 3.8) is 0 Å². The first-order valence-corrected chi connectivity index (χ1v) is 5.52. The lowest BCUT2D eigenvalue weighted by molar-refractivity contribution is 0.310. The third-order valence-electron chi connectivity index (χ3n) is 2.88. The minimum atomic E-state index is 0.798. The molecule has 82 valence electrons. The van der Waals surface area contributed by atoms with Gasteiger partial charge in [-0.2, -0.15) is 10.2 Å². The summed E-state index contributed by atoms with van der Waals surface area (Å²) in [6.07, 6.45) is 3.01. The normalized spacial score (nSPS) is 22.1. The maximum atomic E-state index is 4.11. The van der Waals surface area contributed by atoms with Crippen LogP contribution in [0.2, 0.25) is 0 Å². The van der Waals surface area contributed by atoms with Gasteiger partial charge in [-0.05, 0) is 44.6 Å². The lowest BCUT2D eigenvalue weighted by Gasteiger charge is -2.14. The average molecular weight is 206 g/mol. The summed E-state index contributed by atoms with van der Waals surface area (Å²) in [6, 6.07) is 3.99. The Morgan fingerprint density at radius 1 is 1.60 bits per heavy atom. The van der Waals surface area contributed by atoms with E-state index in [9.17, 15) is 0 Å². The Morgan fingerprint density at radius 3 is 3.27 bits per heavy atom. The summed E-state index contributed by atoms with van der Waals surface area (Å²) < 4.78 is 0. The minimum absolute atomic E-state index is 0.798. The highest BCUT2D eigenvalue weighted by molar-refractivity contribution is 4.99. The third kappa shape index (κ3) is 2.97. The standard InChI is InChI=1S/C11H18N4/c1-12-7-10-4-6-15(8-10)9-11-3-2-5-13-14-11/h2-3,5,10,12H,4,6-9H2,1H3. The largest absolute Gasteiger partial charge is 0.319 e. The van der Waals surface area contributed by atoms with E-state index in [2.05, 4.69) is 20.4 Å². The summed E-state index contributed by atoms with van der Waals surface area (Å²) >= 11 is 0. The Hall–Kier alpha value is -1.00. The second kappa shape index (κ2) is 5.19. The Labute approximate surface area is 90.7 Å². The van der Waals surface area contributed by atoms with Gasteiger partial charge in [0.2, 0.25) is 0 Å². The molecule has 0 aliphatic carbocycles. The molecule has 1 saturated heterocycles. The highest BCUT2D eigenvalue weighted by Gasteiger charge is 2.21. The Morgan fingerprint density at radius 2 is 2.53 bits per heavy atom. The Balaban J connectivity index is 1.82. The molecule has 1 aromatic heterocycles. The van der Waals surface area contributed by atoms with Gasteiger partial charge in [0, 0.05) is 19.3 Å². The second-order valence-electron chi connectivity index (χ2n) is 4.16. The molecule has 15 heavy (non-hydrogen) atoms. The van der Waals surface area contributed by atoms with E-state index in [0.717, 1.165) is 24.7 Å². The van der Waals surface area contributed by atoms with Crippen LogP contribution in [0.15, 0.2) is 18.3 Å². The van der Waals surface area contributed by atoms with E-state index in [-0.39, 0.29) is 0 Å². The van der Waals surface area contributed by atoms with E-state index < -0.39 is 0 Å². The SMILES string of the molecule is CNCC1CCN(Cc2cccnn2)C1. The van der Waals surface area contributed by atoms with Gasteiger partial charge in [0.25, 0.3) is 0 Å². The number of aromatic nitrogens is 2. The lowest BCUT2D eigenvalue weighted by Crippen LogP contribution is -2.24. The molecule has 1 N–H and O–H groups in total. The van der Waals surface area contributed by atoms with Gasteiger partial charge in [-0.1, -0.05) is 0 Å². The van der Waals surface area contributed by atoms with Crippen LogP contribution in [0.1, 0.15) is 12.1 Å². The van der Waals surface area contributed by atoms with Gasteiger partial charge in [0.05, 0.1) is 5.69 Å². The zero-order valence-corrected chi connectivity index (χ0v) is 9.19. The van der Waals surface area contributed by atoms with Crippen molar-refractivity contribution in [2.45, 2.75) is 13.0 Å². The monoisotopic (exact) mass is 206 g/mol. The fourth-order valence-electron chi connectivity index (χ4n) is 2.16. The van der Waals surface area contributed by atoms with Crippen molar-refractivity contribution >= 4 is 0 Å². The summed E-state index contributed by atoms with van der Waals surface area (Å²) in [6.45, 7) is 4.42. The van der Waals surface area contributed by atoms with Crippen LogP contribution in [-0.4, -0.2) is 41.8 Å². The molecular weight excluding hydrogens is 188 g/mol. The molecule has 1 fully saturated rings. The fourth-order valence-corrected chi connectivity index (χ4v) is 2.16. The molecule has 0 amide bonds. The highest BCUT2D eigenvalue weighted by atomic mass is 15.2. The topological polar surface area (TPSA) is 41.0 Å². The molecule has 1 unspecified atom stereocenters. The van der Waals surface area contributed by atoms with Crippen LogP contribution >= 0.6 is 0 Å². The molecule has 0 spiro atoms. The van der Waals surface area contributed by atoms with Crippen LogP contribution in [0.5, 0.6) is 0 Å². The predicted molar refractivity (Wildman–Crippen MR) is 59.3 cm³/mol. The number of hydrogen-bond acceptors (Lipinski definition) is 4. The lowest BCUT2D eigenvalue weighted by atomic mass is 10.1. The van der Waals surface area contributed by atoms with Crippen LogP contribution in [-0.2, 0) is 6.54 Å². The van der Waals surface area contributed by atoms with Crippen molar-refractivity contribution in [1.29, 1.82) is 0 Å². The molecule has 4 heteroatoms. The van der Waals surface area contributed by atoms with Crippen LogP contribution in [0.25, 0.3) is 0 Å². The second-order valence-corrected chi connectivity index (χ2v) is 4.16. The van der Waals surface area contributed by atoms with Crippen molar-refractivity contribution in [3.8, 4) is 0 Å². The zero-order valence-electron chi connectivity index (χ0n) is 9.19. The van der Waals surface area contributed by atoms with Crippen molar-refractivity contribution in [3.05, 3.63) is 24.0 Å². The maximum Gasteiger partial charge on any atom is 0.0771 e. The van der Waals surface area contributed by atoms with Crippen LogP contribution in [0.4, 0.5) is 0 Å². The smallest absolute Gasteiger partial charge is 0.0771 e. The summed E-state index contributed by atoms with van der Waals surface area (Å²) in [7, 11) is 2.02. The Kier molecular flexibility index (Phi) is 3.64. The first-order chi connectivity index (χ1) is 7.38. The van der Waals surface area contributed by atoms with Crippen LogP contribution < -0.4 is 5.32 Å². The minimum Gasteiger partial charge on any atom is -0.319 e. The highest BCUT2D eigenvalue weighted by Crippen LogP contribution is 2.16. The number of likely N-dealkylation sites (tertiary alicyclic amines) is 1. The molecular formula is C11H18N4. The van der Waals surface area contributed by atoms with Crippen LogP contribution in [0.3, 0.4) is 0 Å². The van der Waals surface area contributed by atoms with E-state index in [0.29, 0.717) is 0 Å². The zero-order chi connectivity index (χ0) is 10.5. The van der Waals surface area contributed by atoms with Gasteiger partial charge in [0.1, 0.15) is 0 Å². The van der Waals surface area contributed by atoms with Crippen LogP contribution in [0, 0.1) is 5.92 Å². The number of hydrogen-bond donors (Lipinski definition) is 1. The van der Waals surface area contributed by atoms with Gasteiger partial charge < -0.3 is 5.32 Å².